The molecule has 2 aromatic carbocycles. The highest BCUT2D eigenvalue weighted by atomic mass is 19.1. The molecule has 0 atom stereocenters. The minimum Gasteiger partial charge on any atom is -0.454 e. The molecule has 0 bridgehead atoms. The van der Waals surface area contributed by atoms with Gasteiger partial charge in [0, 0.05) is 5.56 Å². The number of ether oxygens (including phenoxy) is 1. The van der Waals surface area contributed by atoms with Crippen molar-refractivity contribution in [3.63, 3.8) is 0 Å². The molecule has 0 saturated carbocycles. The summed E-state index contributed by atoms with van der Waals surface area (Å²) < 4.78 is 31.5. The number of hydrogen-bond acceptors (Lipinski definition) is 2. The molecule has 18 heavy (non-hydrogen) atoms. The van der Waals surface area contributed by atoms with Gasteiger partial charge in [0.25, 0.3) is 0 Å². The van der Waals surface area contributed by atoms with Crippen LogP contribution in [0.5, 0.6) is 11.5 Å². The molecule has 0 aliphatic rings. The maximum atomic E-state index is 13.6. The standard InChI is InChI=1S/C13H10F2N2O/c14-9-2-4-10(5-3-9)18-12-6-1-8(13(16)17)7-11(12)15/h1-7H,(H3,16,17). The number of rotatable bonds is 3. The highest BCUT2D eigenvalue weighted by Gasteiger charge is 2.07. The molecule has 0 spiro atoms. The van der Waals surface area contributed by atoms with E-state index in [9.17, 15) is 8.78 Å². The maximum Gasteiger partial charge on any atom is 0.166 e. The third-order valence-electron chi connectivity index (χ3n) is 2.28. The van der Waals surface area contributed by atoms with Gasteiger partial charge in [-0.1, -0.05) is 0 Å². The van der Waals surface area contributed by atoms with Crippen molar-refractivity contribution in [2.45, 2.75) is 0 Å². The first-order chi connectivity index (χ1) is 8.56. The van der Waals surface area contributed by atoms with Crippen molar-refractivity contribution in [1.29, 1.82) is 5.41 Å². The van der Waals surface area contributed by atoms with Gasteiger partial charge in [-0.3, -0.25) is 5.41 Å². The quantitative estimate of drug-likeness (QED) is 0.647. The first-order valence-electron chi connectivity index (χ1n) is 5.13. The maximum absolute atomic E-state index is 13.6. The number of halogens is 2. The van der Waals surface area contributed by atoms with Gasteiger partial charge in [-0.25, -0.2) is 8.78 Å². The van der Waals surface area contributed by atoms with Gasteiger partial charge < -0.3 is 10.5 Å². The third-order valence-corrected chi connectivity index (χ3v) is 2.28. The lowest BCUT2D eigenvalue weighted by Gasteiger charge is -2.07. The lowest BCUT2D eigenvalue weighted by atomic mass is 10.2. The minimum absolute atomic E-state index is 0.00777. The number of amidine groups is 1. The molecule has 3 nitrogen and oxygen atoms in total. The van der Waals surface area contributed by atoms with Gasteiger partial charge in [-0.05, 0) is 42.5 Å². The highest BCUT2D eigenvalue weighted by molar-refractivity contribution is 5.95. The molecular weight excluding hydrogens is 238 g/mol. The van der Waals surface area contributed by atoms with Gasteiger partial charge >= 0.3 is 0 Å². The fourth-order valence-electron chi connectivity index (χ4n) is 1.38. The van der Waals surface area contributed by atoms with E-state index in [2.05, 4.69) is 0 Å². The molecule has 0 heterocycles. The SMILES string of the molecule is N=C(N)c1ccc(Oc2ccc(F)cc2)c(F)c1. The van der Waals surface area contributed by atoms with E-state index >= 15 is 0 Å². The molecule has 0 aromatic heterocycles. The molecule has 0 aliphatic heterocycles. The van der Waals surface area contributed by atoms with Gasteiger partial charge in [0.1, 0.15) is 17.4 Å². The van der Waals surface area contributed by atoms with Crippen LogP contribution in [-0.2, 0) is 0 Å². The Morgan fingerprint density at radius 1 is 1.06 bits per heavy atom. The Morgan fingerprint density at radius 3 is 2.28 bits per heavy atom. The highest BCUT2D eigenvalue weighted by Crippen LogP contribution is 2.25. The van der Waals surface area contributed by atoms with E-state index in [1.165, 1.54) is 36.4 Å². The third kappa shape index (κ3) is 2.63. The van der Waals surface area contributed by atoms with E-state index in [4.69, 9.17) is 15.9 Å². The summed E-state index contributed by atoms with van der Waals surface area (Å²) in [6.07, 6.45) is 0. The second kappa shape index (κ2) is 4.83. The average molecular weight is 248 g/mol. The van der Waals surface area contributed by atoms with Gasteiger partial charge in [-0.15, -0.1) is 0 Å². The fourth-order valence-corrected chi connectivity index (χ4v) is 1.38. The lowest BCUT2D eigenvalue weighted by Crippen LogP contribution is -2.11. The number of nitrogen functional groups attached to an aromatic ring is 1. The van der Waals surface area contributed by atoms with Crippen LogP contribution in [0.15, 0.2) is 42.5 Å². The van der Waals surface area contributed by atoms with Crippen LogP contribution in [0.1, 0.15) is 5.56 Å². The van der Waals surface area contributed by atoms with Gasteiger partial charge in [-0.2, -0.15) is 0 Å². The van der Waals surface area contributed by atoms with Gasteiger partial charge in [0.15, 0.2) is 11.6 Å². The fraction of sp³-hybridized carbons (Fsp3) is 0. The van der Waals surface area contributed by atoms with Crippen molar-refractivity contribution in [1.82, 2.24) is 0 Å². The largest absolute Gasteiger partial charge is 0.454 e. The van der Waals surface area contributed by atoms with E-state index in [0.717, 1.165) is 6.07 Å². The summed E-state index contributed by atoms with van der Waals surface area (Å²) in [5.41, 5.74) is 5.51. The monoisotopic (exact) mass is 248 g/mol. The summed E-state index contributed by atoms with van der Waals surface area (Å²) in [5, 5.41) is 7.18. The van der Waals surface area contributed by atoms with Crippen molar-refractivity contribution >= 4 is 5.84 Å². The Bertz CT molecular complexity index is 582. The summed E-state index contributed by atoms with van der Waals surface area (Å²) in [6, 6.07) is 9.19. The van der Waals surface area contributed by atoms with E-state index in [1.54, 1.807) is 0 Å². The molecule has 2 aromatic rings. The minimum atomic E-state index is -0.632. The summed E-state index contributed by atoms with van der Waals surface area (Å²) >= 11 is 0. The van der Waals surface area contributed by atoms with Gasteiger partial charge in [0.05, 0.1) is 0 Å². The first kappa shape index (κ1) is 12.0. The summed E-state index contributed by atoms with van der Waals surface area (Å²) in [6.45, 7) is 0. The van der Waals surface area contributed by atoms with Crippen LogP contribution < -0.4 is 10.5 Å². The molecular formula is C13H10F2N2O. The molecule has 5 heteroatoms. The summed E-state index contributed by atoms with van der Waals surface area (Å²) in [7, 11) is 0. The van der Waals surface area contributed by atoms with Crippen molar-refractivity contribution < 1.29 is 13.5 Å². The molecule has 0 unspecified atom stereocenters. The average Bonchev–Trinajstić information content (AvgIpc) is 2.34. The second-order valence-electron chi connectivity index (χ2n) is 3.61. The second-order valence-corrected chi connectivity index (χ2v) is 3.61. The first-order valence-corrected chi connectivity index (χ1v) is 5.13. The zero-order valence-corrected chi connectivity index (χ0v) is 9.28. The summed E-state index contributed by atoms with van der Waals surface area (Å²) in [5.74, 6) is -0.929. The number of nitrogens with two attached hydrogens (primary N) is 1. The molecule has 0 aliphatic carbocycles. The molecule has 0 radical (unpaired) electrons. The number of benzene rings is 2. The van der Waals surface area contributed by atoms with Crippen molar-refractivity contribution in [3.8, 4) is 11.5 Å². The predicted molar refractivity (Wildman–Crippen MR) is 63.9 cm³/mol. The Kier molecular flexibility index (Phi) is 3.23. The topological polar surface area (TPSA) is 59.1 Å². The molecule has 2 rings (SSSR count). The lowest BCUT2D eigenvalue weighted by molar-refractivity contribution is 0.441. The van der Waals surface area contributed by atoms with E-state index in [0.29, 0.717) is 5.75 Å². The van der Waals surface area contributed by atoms with Crippen LogP contribution in [0.3, 0.4) is 0 Å². The molecule has 0 amide bonds. The van der Waals surface area contributed by atoms with Crippen molar-refractivity contribution in [3.05, 3.63) is 59.7 Å². The smallest absolute Gasteiger partial charge is 0.166 e. The molecule has 92 valence electrons. The van der Waals surface area contributed by atoms with Gasteiger partial charge in [0.2, 0.25) is 0 Å². The summed E-state index contributed by atoms with van der Waals surface area (Å²) in [4.78, 5) is 0. The van der Waals surface area contributed by atoms with Crippen LogP contribution in [0, 0.1) is 17.0 Å². The zero-order chi connectivity index (χ0) is 13.1. The Balaban J connectivity index is 2.24. The Labute approximate surface area is 102 Å². The zero-order valence-electron chi connectivity index (χ0n) is 9.28. The van der Waals surface area contributed by atoms with Crippen LogP contribution in [0.2, 0.25) is 0 Å². The van der Waals surface area contributed by atoms with Crippen LogP contribution in [-0.4, -0.2) is 5.84 Å². The van der Waals surface area contributed by atoms with Crippen LogP contribution >= 0.6 is 0 Å². The van der Waals surface area contributed by atoms with Crippen LogP contribution in [0.25, 0.3) is 0 Å². The van der Waals surface area contributed by atoms with E-state index in [-0.39, 0.29) is 17.1 Å². The van der Waals surface area contributed by atoms with Crippen molar-refractivity contribution in [2.75, 3.05) is 0 Å². The Morgan fingerprint density at radius 2 is 1.72 bits per heavy atom. The molecule has 0 saturated heterocycles. The van der Waals surface area contributed by atoms with Crippen LogP contribution in [0.4, 0.5) is 8.78 Å². The molecule has 0 fully saturated rings. The number of hydrogen-bond donors (Lipinski definition) is 2. The number of nitrogens with one attached hydrogen (secondary N) is 1. The van der Waals surface area contributed by atoms with E-state index in [1.807, 2.05) is 0 Å². The predicted octanol–water partition coefficient (Wildman–Crippen LogP) is 3.04. The normalized spacial score (nSPS) is 10.1. The van der Waals surface area contributed by atoms with Crippen molar-refractivity contribution in [2.24, 2.45) is 5.73 Å². The van der Waals surface area contributed by atoms with E-state index < -0.39 is 11.6 Å². The molecule has 3 N–H and O–H groups in total. The Hall–Kier alpha value is -2.43.